The Kier molecular flexibility index (Phi) is 8.16. The number of cyclic esters (lactones) is 1. The first-order chi connectivity index (χ1) is 19.5. The molecule has 0 radical (unpaired) electrons. The predicted molar refractivity (Wildman–Crippen MR) is 155 cm³/mol. The number of hydrogen-bond donors (Lipinski definition) is 1. The number of carbonyl (C=O) groups is 1. The Bertz CT molecular complexity index is 1230. The highest BCUT2D eigenvalue weighted by Crippen LogP contribution is 2.60. The highest BCUT2D eigenvalue weighted by molar-refractivity contribution is 8.76. The van der Waals surface area contributed by atoms with Crippen molar-refractivity contribution in [2.45, 2.75) is 17.6 Å². The second-order valence-electron chi connectivity index (χ2n) is 10.7. The van der Waals surface area contributed by atoms with Gasteiger partial charge in [-0.25, -0.2) is 0 Å². The van der Waals surface area contributed by atoms with E-state index in [0.717, 1.165) is 67.3 Å². The molecule has 3 aliphatic heterocycles. The highest BCUT2D eigenvalue weighted by atomic mass is 33.1. The van der Waals surface area contributed by atoms with Crippen molar-refractivity contribution in [2.75, 3.05) is 73.1 Å². The van der Waals surface area contributed by atoms with E-state index in [1.807, 2.05) is 27.7 Å². The summed E-state index contributed by atoms with van der Waals surface area (Å²) in [6, 6.07) is 7.68. The summed E-state index contributed by atoms with van der Waals surface area (Å²) in [7, 11) is 8.91. The number of hydrogen-bond acceptors (Lipinski definition) is 11. The maximum absolute atomic E-state index is 13.3. The Morgan fingerprint density at radius 2 is 1.65 bits per heavy atom. The van der Waals surface area contributed by atoms with Crippen LogP contribution in [0.1, 0.15) is 34.3 Å². The number of benzene rings is 2. The molecule has 2 saturated heterocycles. The fraction of sp³-hybridized carbons (Fsp3) is 0.552. The van der Waals surface area contributed by atoms with Gasteiger partial charge < -0.3 is 38.6 Å². The molecule has 6 rings (SSSR count). The molecule has 1 aliphatic carbocycles. The van der Waals surface area contributed by atoms with E-state index in [2.05, 4.69) is 22.9 Å². The Morgan fingerprint density at radius 1 is 0.975 bits per heavy atom. The minimum Gasteiger partial charge on any atom is -0.502 e. The molecule has 0 spiro atoms. The fourth-order valence-corrected chi connectivity index (χ4v) is 9.28. The highest BCUT2D eigenvalue weighted by Gasteiger charge is 2.53. The van der Waals surface area contributed by atoms with Gasteiger partial charge in [-0.3, -0.25) is 4.79 Å². The van der Waals surface area contributed by atoms with E-state index >= 15 is 0 Å². The molecule has 40 heavy (non-hydrogen) atoms. The van der Waals surface area contributed by atoms with Crippen LogP contribution in [0.15, 0.2) is 24.3 Å². The van der Waals surface area contributed by atoms with Crippen molar-refractivity contribution < 1.29 is 33.6 Å². The topological polar surface area (TPSA) is 89.9 Å². The van der Waals surface area contributed by atoms with Gasteiger partial charge in [-0.1, -0.05) is 21.6 Å². The SMILES string of the molecule is COc1cc([C@@H]2c3cc4c(cc3[C@@H](SSCCCN3CCN(C)CC3)[C@H]3COC(=O)[C@H]23)OCO4)cc(OC)c1O. The summed E-state index contributed by atoms with van der Waals surface area (Å²) >= 11 is 0. The van der Waals surface area contributed by atoms with E-state index in [4.69, 9.17) is 23.7 Å². The minimum absolute atomic E-state index is 0.00806. The third-order valence-corrected chi connectivity index (χ3v) is 11.4. The molecule has 2 aromatic rings. The van der Waals surface area contributed by atoms with E-state index in [9.17, 15) is 9.90 Å². The first-order valence-electron chi connectivity index (χ1n) is 13.7. The van der Waals surface area contributed by atoms with Crippen molar-refractivity contribution in [3.8, 4) is 28.7 Å². The number of aromatic hydroxyl groups is 1. The van der Waals surface area contributed by atoms with E-state index in [1.54, 1.807) is 12.1 Å². The van der Waals surface area contributed by atoms with Crippen LogP contribution in [-0.4, -0.2) is 94.0 Å². The summed E-state index contributed by atoms with van der Waals surface area (Å²) in [6.45, 7) is 6.20. The van der Waals surface area contributed by atoms with Gasteiger partial charge in [0.25, 0.3) is 0 Å². The lowest BCUT2D eigenvalue weighted by Crippen LogP contribution is -2.44. The molecule has 0 unspecified atom stereocenters. The quantitative estimate of drug-likeness (QED) is 0.261. The molecule has 9 nitrogen and oxygen atoms in total. The van der Waals surface area contributed by atoms with E-state index in [1.165, 1.54) is 14.2 Å². The van der Waals surface area contributed by atoms with Crippen LogP contribution < -0.4 is 18.9 Å². The van der Waals surface area contributed by atoms with Crippen molar-refractivity contribution in [3.63, 3.8) is 0 Å². The monoisotopic (exact) mass is 588 g/mol. The number of fused-ring (bicyclic) bond motifs is 3. The lowest BCUT2D eigenvalue weighted by molar-refractivity contribution is -0.141. The summed E-state index contributed by atoms with van der Waals surface area (Å²) in [5.41, 5.74) is 2.97. The second-order valence-corrected chi connectivity index (χ2v) is 13.4. The van der Waals surface area contributed by atoms with Crippen LogP contribution in [0.2, 0.25) is 0 Å². The standard InChI is InChI=1S/C29H36N2O7S2/c1-30-6-8-31(9-7-30)5-4-10-39-40-28-19-14-22-21(37-16-38-22)13-18(19)25(26-20(28)15-36-29(26)33)17-11-23(34-2)27(32)24(12-17)35-3/h11-14,20,25-26,28,32H,4-10,15-16H2,1-3H3/t20-,25+,26-,28+/m0/s1. The lowest BCUT2D eigenvalue weighted by atomic mass is 9.67. The smallest absolute Gasteiger partial charge is 0.310 e. The van der Waals surface area contributed by atoms with Gasteiger partial charge in [-0.05, 0) is 61.0 Å². The predicted octanol–water partition coefficient (Wildman–Crippen LogP) is 4.13. The van der Waals surface area contributed by atoms with Crippen molar-refractivity contribution in [2.24, 2.45) is 11.8 Å². The van der Waals surface area contributed by atoms with Crippen LogP contribution in [0.4, 0.5) is 0 Å². The molecule has 0 bridgehead atoms. The average molecular weight is 589 g/mol. The molecular weight excluding hydrogens is 552 g/mol. The molecule has 2 fully saturated rings. The largest absolute Gasteiger partial charge is 0.502 e. The number of phenols is 1. The molecule has 4 aliphatic rings. The van der Waals surface area contributed by atoms with Crippen molar-refractivity contribution in [3.05, 3.63) is 41.0 Å². The lowest BCUT2D eigenvalue weighted by Gasteiger charge is -2.38. The Morgan fingerprint density at radius 3 is 2.33 bits per heavy atom. The van der Waals surface area contributed by atoms with Crippen molar-refractivity contribution >= 4 is 27.6 Å². The molecule has 0 amide bonds. The number of ether oxygens (including phenoxy) is 5. The number of phenolic OH excluding ortho intramolecular Hbond substituents is 1. The second kappa shape index (κ2) is 11.8. The maximum Gasteiger partial charge on any atom is 0.310 e. The summed E-state index contributed by atoms with van der Waals surface area (Å²) in [4.78, 5) is 18.2. The van der Waals surface area contributed by atoms with Crippen LogP contribution in [-0.2, 0) is 9.53 Å². The van der Waals surface area contributed by atoms with Gasteiger partial charge in [-0.2, -0.15) is 0 Å². The number of piperazine rings is 1. The summed E-state index contributed by atoms with van der Waals surface area (Å²) in [6.07, 6.45) is 1.13. The van der Waals surface area contributed by atoms with Crippen LogP contribution in [0.3, 0.4) is 0 Å². The summed E-state index contributed by atoms with van der Waals surface area (Å²) in [5, 5.41) is 10.6. The van der Waals surface area contributed by atoms with Gasteiger partial charge >= 0.3 is 5.97 Å². The van der Waals surface area contributed by atoms with Gasteiger partial charge in [0.15, 0.2) is 23.0 Å². The molecule has 216 valence electrons. The van der Waals surface area contributed by atoms with E-state index in [0.29, 0.717) is 23.9 Å². The minimum atomic E-state index is -0.379. The van der Waals surface area contributed by atoms with Crippen LogP contribution in [0, 0.1) is 11.8 Å². The first-order valence-corrected chi connectivity index (χ1v) is 16.1. The number of methoxy groups -OCH3 is 2. The van der Waals surface area contributed by atoms with Crippen molar-refractivity contribution in [1.29, 1.82) is 0 Å². The van der Waals surface area contributed by atoms with Gasteiger partial charge in [0.05, 0.1) is 26.7 Å². The van der Waals surface area contributed by atoms with E-state index < -0.39 is 0 Å². The maximum atomic E-state index is 13.3. The molecule has 4 atom stereocenters. The van der Waals surface area contributed by atoms with Crippen molar-refractivity contribution in [1.82, 2.24) is 9.80 Å². The summed E-state index contributed by atoms with van der Waals surface area (Å²) < 4.78 is 28.2. The molecule has 0 saturated carbocycles. The van der Waals surface area contributed by atoms with Gasteiger partial charge in [0, 0.05) is 49.0 Å². The van der Waals surface area contributed by atoms with Gasteiger partial charge in [0.1, 0.15) is 0 Å². The van der Waals surface area contributed by atoms with Crippen LogP contribution in [0.5, 0.6) is 28.7 Å². The first kappa shape index (κ1) is 27.7. The number of rotatable bonds is 9. The van der Waals surface area contributed by atoms with Crippen LogP contribution in [0.25, 0.3) is 0 Å². The zero-order valence-electron chi connectivity index (χ0n) is 23.1. The van der Waals surface area contributed by atoms with E-state index in [-0.39, 0.29) is 41.5 Å². The molecular formula is C29H36N2O7S2. The average Bonchev–Trinajstić information content (AvgIpc) is 3.59. The van der Waals surface area contributed by atoms with Gasteiger partial charge in [-0.15, -0.1) is 0 Å². The molecule has 2 aromatic carbocycles. The Labute approximate surface area is 242 Å². The molecule has 3 heterocycles. The zero-order valence-corrected chi connectivity index (χ0v) is 24.7. The third kappa shape index (κ3) is 5.17. The number of esters is 1. The summed E-state index contributed by atoms with van der Waals surface area (Å²) in [5.74, 6) is 2.07. The number of carbonyl (C=O) groups excluding carboxylic acids is 1. The Balaban J connectivity index is 1.29. The zero-order chi connectivity index (χ0) is 27.8. The molecule has 11 heteroatoms. The number of nitrogens with zero attached hydrogens (tertiary/aromatic N) is 2. The van der Waals surface area contributed by atoms with Crippen LogP contribution >= 0.6 is 21.6 Å². The Hall–Kier alpha value is -2.47. The fourth-order valence-electron chi connectivity index (χ4n) is 6.27. The molecule has 0 aromatic heterocycles. The molecule has 1 N–H and O–H groups in total. The number of likely N-dealkylation sites (N-methyl/N-ethyl adjacent to an activating group) is 1. The third-order valence-electron chi connectivity index (χ3n) is 8.45. The normalized spacial score (nSPS) is 25.8. The van der Waals surface area contributed by atoms with Gasteiger partial charge in [0.2, 0.25) is 12.5 Å².